The van der Waals surface area contributed by atoms with Gasteiger partial charge in [-0.15, -0.1) is 0 Å². The number of alkyl halides is 3. The van der Waals surface area contributed by atoms with Gasteiger partial charge in [-0.25, -0.2) is 0 Å². The number of rotatable bonds is 7. The minimum atomic E-state index is -4.70. The van der Waals surface area contributed by atoms with Crippen LogP contribution in [0.3, 0.4) is 0 Å². The number of nitrogens with one attached hydrogen (secondary N) is 1. The highest BCUT2D eigenvalue weighted by Gasteiger charge is 2.38. The van der Waals surface area contributed by atoms with Gasteiger partial charge in [0.25, 0.3) is 5.91 Å². The van der Waals surface area contributed by atoms with E-state index in [1.54, 1.807) is 31.2 Å². The summed E-state index contributed by atoms with van der Waals surface area (Å²) in [5, 5.41) is 11.4. The molecule has 0 bridgehead atoms. The molecule has 0 spiro atoms. The summed E-state index contributed by atoms with van der Waals surface area (Å²) < 4.78 is 45.2. The third kappa shape index (κ3) is 6.13. The van der Waals surface area contributed by atoms with Gasteiger partial charge in [-0.2, -0.15) is 13.2 Å². The van der Waals surface area contributed by atoms with Crippen LogP contribution in [-0.4, -0.2) is 22.6 Å². The molecule has 0 fully saturated rings. The van der Waals surface area contributed by atoms with Gasteiger partial charge in [-0.1, -0.05) is 30.7 Å². The van der Waals surface area contributed by atoms with Crippen molar-refractivity contribution in [2.75, 3.05) is 5.32 Å². The smallest absolute Gasteiger partial charge is 0.420 e. The van der Waals surface area contributed by atoms with Crippen molar-refractivity contribution in [3.63, 3.8) is 0 Å². The molecular formula is C21H21ClF3NO4. The number of ether oxygens (including phenoxy) is 1. The first-order chi connectivity index (χ1) is 13.8. The van der Waals surface area contributed by atoms with Crippen molar-refractivity contribution in [1.82, 2.24) is 0 Å². The van der Waals surface area contributed by atoms with E-state index in [4.69, 9.17) is 21.4 Å². The molecule has 0 aromatic heterocycles. The van der Waals surface area contributed by atoms with Crippen molar-refractivity contribution in [2.24, 2.45) is 0 Å². The maximum atomic E-state index is 13.3. The molecule has 1 unspecified atom stereocenters. The average Bonchev–Trinajstić information content (AvgIpc) is 2.62. The van der Waals surface area contributed by atoms with Gasteiger partial charge in [-0.3, -0.25) is 9.59 Å². The second-order valence-electron chi connectivity index (χ2n) is 7.33. The highest BCUT2D eigenvalue weighted by atomic mass is 35.5. The fourth-order valence-corrected chi connectivity index (χ4v) is 2.86. The van der Waals surface area contributed by atoms with Crippen LogP contribution in [0, 0.1) is 0 Å². The van der Waals surface area contributed by atoms with Crippen LogP contribution >= 0.6 is 11.6 Å². The Morgan fingerprint density at radius 2 is 1.73 bits per heavy atom. The molecule has 0 aliphatic rings. The van der Waals surface area contributed by atoms with Crippen molar-refractivity contribution in [1.29, 1.82) is 0 Å². The van der Waals surface area contributed by atoms with Crippen molar-refractivity contribution >= 4 is 29.2 Å². The van der Waals surface area contributed by atoms with E-state index in [2.05, 4.69) is 5.32 Å². The van der Waals surface area contributed by atoms with Crippen LogP contribution in [0.25, 0.3) is 0 Å². The molecule has 9 heteroatoms. The lowest BCUT2D eigenvalue weighted by Gasteiger charge is -2.27. The van der Waals surface area contributed by atoms with E-state index < -0.39 is 35.0 Å². The lowest BCUT2D eigenvalue weighted by atomic mass is 9.97. The van der Waals surface area contributed by atoms with Crippen LogP contribution in [0.4, 0.5) is 18.9 Å². The third-order valence-corrected chi connectivity index (χ3v) is 4.61. The number of amides is 1. The van der Waals surface area contributed by atoms with Gasteiger partial charge in [0.1, 0.15) is 5.75 Å². The topological polar surface area (TPSA) is 75.6 Å². The van der Waals surface area contributed by atoms with Gasteiger partial charge in [0, 0.05) is 10.7 Å². The average molecular weight is 444 g/mol. The minimum absolute atomic E-state index is 0.0325. The number of anilines is 1. The summed E-state index contributed by atoms with van der Waals surface area (Å²) in [6.45, 7) is 4.46. The molecule has 0 saturated carbocycles. The van der Waals surface area contributed by atoms with Gasteiger partial charge < -0.3 is 15.2 Å². The molecule has 2 rings (SSSR count). The number of hydrogen-bond donors (Lipinski definition) is 2. The normalized spacial score (nSPS) is 12.9. The number of benzene rings is 2. The number of halogens is 4. The minimum Gasteiger partial charge on any atom is -0.481 e. The zero-order valence-corrected chi connectivity index (χ0v) is 17.3. The number of carbonyl (C=O) groups is 2. The Kier molecular flexibility index (Phi) is 7.02. The van der Waals surface area contributed by atoms with Gasteiger partial charge >= 0.3 is 12.1 Å². The molecular weight excluding hydrogens is 423 g/mol. The molecule has 0 aliphatic heterocycles. The first-order valence-electron chi connectivity index (χ1n) is 8.98. The summed E-state index contributed by atoms with van der Waals surface area (Å²) in [5.41, 5.74) is -1.52. The standard InChI is InChI=1S/C21H21ClF3NO4/c1-12(10-18(27)28)13-4-7-15(8-5-13)26-19(29)20(2,3)30-17-9-6-14(22)11-16(17)21(23,24)25/h4-9,11-12H,10H2,1-3H3,(H,26,29)(H,27,28). The molecule has 0 aliphatic carbocycles. The Morgan fingerprint density at radius 1 is 1.13 bits per heavy atom. The molecule has 0 heterocycles. The molecule has 1 amide bonds. The zero-order chi connectivity index (χ0) is 22.7. The second kappa shape index (κ2) is 8.95. The maximum Gasteiger partial charge on any atom is 0.420 e. The zero-order valence-electron chi connectivity index (χ0n) is 16.5. The first kappa shape index (κ1) is 23.5. The summed E-state index contributed by atoms with van der Waals surface area (Å²) in [6.07, 6.45) is -4.73. The van der Waals surface area contributed by atoms with Crippen LogP contribution < -0.4 is 10.1 Å². The molecule has 30 heavy (non-hydrogen) atoms. The Morgan fingerprint density at radius 3 is 2.27 bits per heavy atom. The van der Waals surface area contributed by atoms with E-state index in [0.29, 0.717) is 5.69 Å². The Labute approximate surface area is 176 Å². The predicted octanol–water partition coefficient (Wildman–Crippen LogP) is 5.73. The first-order valence-corrected chi connectivity index (χ1v) is 9.36. The van der Waals surface area contributed by atoms with Crippen LogP contribution in [0.1, 0.15) is 44.2 Å². The quantitative estimate of drug-likeness (QED) is 0.572. The van der Waals surface area contributed by atoms with Crippen LogP contribution in [-0.2, 0) is 15.8 Å². The number of carboxylic acid groups (broad SMARTS) is 1. The van der Waals surface area contributed by atoms with Crippen LogP contribution in [0.5, 0.6) is 5.75 Å². The number of hydrogen-bond acceptors (Lipinski definition) is 3. The molecule has 0 radical (unpaired) electrons. The molecule has 2 aromatic rings. The molecule has 2 aromatic carbocycles. The lowest BCUT2D eigenvalue weighted by Crippen LogP contribution is -2.43. The van der Waals surface area contributed by atoms with Crippen molar-refractivity contribution < 1.29 is 32.6 Å². The third-order valence-electron chi connectivity index (χ3n) is 4.38. The predicted molar refractivity (Wildman–Crippen MR) is 107 cm³/mol. The summed E-state index contributed by atoms with van der Waals surface area (Å²) in [6, 6.07) is 9.59. The van der Waals surface area contributed by atoms with E-state index in [1.807, 2.05) is 0 Å². The Balaban J connectivity index is 2.14. The van der Waals surface area contributed by atoms with Crippen LogP contribution in [0.2, 0.25) is 5.02 Å². The fourth-order valence-electron chi connectivity index (χ4n) is 2.69. The number of carbonyl (C=O) groups excluding carboxylic acids is 1. The van der Waals surface area contributed by atoms with E-state index in [-0.39, 0.29) is 17.4 Å². The number of aliphatic carboxylic acids is 1. The van der Waals surface area contributed by atoms with Crippen LogP contribution in [0.15, 0.2) is 42.5 Å². The molecule has 2 N–H and O–H groups in total. The molecule has 5 nitrogen and oxygen atoms in total. The van der Waals surface area contributed by atoms with Gasteiger partial charge in [0.05, 0.1) is 12.0 Å². The van der Waals surface area contributed by atoms with Crippen molar-refractivity contribution in [3.8, 4) is 5.75 Å². The highest BCUT2D eigenvalue weighted by Crippen LogP contribution is 2.39. The second-order valence-corrected chi connectivity index (χ2v) is 7.76. The summed E-state index contributed by atoms with van der Waals surface area (Å²) in [5.74, 6) is -2.29. The molecule has 162 valence electrons. The maximum absolute atomic E-state index is 13.3. The van der Waals surface area contributed by atoms with E-state index in [9.17, 15) is 22.8 Å². The van der Waals surface area contributed by atoms with Gasteiger partial charge in [0.2, 0.25) is 0 Å². The highest BCUT2D eigenvalue weighted by molar-refractivity contribution is 6.30. The molecule has 0 saturated heterocycles. The lowest BCUT2D eigenvalue weighted by molar-refractivity contribution is -0.142. The SMILES string of the molecule is CC(CC(=O)O)c1ccc(NC(=O)C(C)(C)Oc2ccc(Cl)cc2C(F)(F)F)cc1. The Hall–Kier alpha value is -2.74. The van der Waals surface area contributed by atoms with E-state index in [0.717, 1.165) is 17.7 Å². The summed E-state index contributed by atoms with van der Waals surface area (Å²) in [4.78, 5) is 23.4. The number of carboxylic acids is 1. The van der Waals surface area contributed by atoms with Gasteiger partial charge in [0.15, 0.2) is 5.60 Å². The summed E-state index contributed by atoms with van der Waals surface area (Å²) in [7, 11) is 0. The molecule has 1 atom stereocenters. The fraction of sp³-hybridized carbons (Fsp3) is 0.333. The van der Waals surface area contributed by atoms with E-state index in [1.165, 1.54) is 19.9 Å². The monoisotopic (exact) mass is 443 g/mol. The summed E-state index contributed by atoms with van der Waals surface area (Å²) >= 11 is 5.66. The van der Waals surface area contributed by atoms with Crippen molar-refractivity contribution in [3.05, 3.63) is 58.6 Å². The van der Waals surface area contributed by atoms with Crippen molar-refractivity contribution in [2.45, 2.75) is 44.9 Å². The van der Waals surface area contributed by atoms with E-state index >= 15 is 0 Å². The van der Waals surface area contributed by atoms with Gasteiger partial charge in [-0.05, 0) is 55.7 Å². The largest absolute Gasteiger partial charge is 0.481 e. The Bertz CT molecular complexity index is 927.